The molecule has 1 fully saturated rings. The Bertz CT molecular complexity index is 461. The van der Waals surface area contributed by atoms with Gasteiger partial charge in [0.1, 0.15) is 6.04 Å². The molecule has 4 heteroatoms. The topological polar surface area (TPSA) is 55.4 Å². The fraction of sp³-hybridized carbons (Fsp3) is 0.846. The van der Waals surface area contributed by atoms with Crippen molar-refractivity contribution in [2.24, 2.45) is 0 Å². The molecule has 0 saturated carbocycles. The van der Waals surface area contributed by atoms with E-state index < -0.39 is 6.04 Å². The molecule has 1 aliphatic rings. The van der Waals surface area contributed by atoms with E-state index in [2.05, 4.69) is 24.4 Å². The molecule has 1 heterocycles. The number of hydrogen-bond acceptors (Lipinski definition) is 3. The number of amides is 1. The SMILES string of the molecule is CCCCCCCCCCCCCCCC/C=C/CCCOC(=O)[C@@H]1CCC(=O)N1. The number of carbonyl (C=O) groups is 2. The van der Waals surface area contributed by atoms with Gasteiger partial charge < -0.3 is 10.1 Å². The first-order valence-electron chi connectivity index (χ1n) is 12.8. The molecule has 0 bridgehead atoms. The van der Waals surface area contributed by atoms with Gasteiger partial charge >= 0.3 is 5.97 Å². The van der Waals surface area contributed by atoms with Crippen LogP contribution in [0.25, 0.3) is 0 Å². The maximum atomic E-state index is 11.7. The van der Waals surface area contributed by atoms with Crippen molar-refractivity contribution in [3.8, 4) is 0 Å². The number of nitrogens with one attached hydrogen (secondary N) is 1. The standard InChI is InChI=1S/C26H47NO3/c1-2-3-4-5-6-7-8-9-10-11-12-13-14-15-16-17-18-19-20-23-30-26(29)24-21-22-25(28)27-24/h17-18,24H,2-16,19-23H2,1H3,(H,27,28)/b18-17+/t24-/m0/s1. The highest BCUT2D eigenvalue weighted by Gasteiger charge is 2.28. The lowest BCUT2D eigenvalue weighted by Crippen LogP contribution is -2.34. The van der Waals surface area contributed by atoms with E-state index in [1.165, 1.54) is 89.9 Å². The van der Waals surface area contributed by atoms with Crippen molar-refractivity contribution in [2.45, 2.75) is 135 Å². The zero-order chi connectivity index (χ0) is 21.7. The van der Waals surface area contributed by atoms with Crippen molar-refractivity contribution in [1.29, 1.82) is 0 Å². The number of unbranched alkanes of at least 4 members (excludes halogenated alkanes) is 15. The van der Waals surface area contributed by atoms with Crippen LogP contribution in [0, 0.1) is 0 Å². The molecule has 1 saturated heterocycles. The number of esters is 1. The zero-order valence-electron chi connectivity index (χ0n) is 19.6. The summed E-state index contributed by atoms with van der Waals surface area (Å²) >= 11 is 0. The maximum absolute atomic E-state index is 11.7. The molecule has 1 aliphatic heterocycles. The Balaban J connectivity index is 1.74. The van der Waals surface area contributed by atoms with Gasteiger partial charge in [0, 0.05) is 6.42 Å². The number of allylic oxidation sites excluding steroid dienone is 2. The molecule has 0 spiro atoms. The van der Waals surface area contributed by atoms with Crippen LogP contribution in [0.3, 0.4) is 0 Å². The van der Waals surface area contributed by atoms with Crippen molar-refractivity contribution in [3.05, 3.63) is 12.2 Å². The summed E-state index contributed by atoms with van der Waals surface area (Å²) in [6, 6.07) is -0.423. The van der Waals surface area contributed by atoms with E-state index in [-0.39, 0.29) is 11.9 Å². The minimum Gasteiger partial charge on any atom is -0.464 e. The van der Waals surface area contributed by atoms with Gasteiger partial charge in [0.05, 0.1) is 6.61 Å². The Morgan fingerprint density at radius 1 is 0.833 bits per heavy atom. The van der Waals surface area contributed by atoms with E-state index in [4.69, 9.17) is 4.74 Å². The van der Waals surface area contributed by atoms with E-state index in [9.17, 15) is 9.59 Å². The van der Waals surface area contributed by atoms with Crippen molar-refractivity contribution in [1.82, 2.24) is 5.32 Å². The normalized spacial score (nSPS) is 16.3. The first-order valence-corrected chi connectivity index (χ1v) is 12.8. The summed E-state index contributed by atoms with van der Waals surface area (Å²) in [4.78, 5) is 22.8. The van der Waals surface area contributed by atoms with Crippen LogP contribution in [0.5, 0.6) is 0 Å². The fourth-order valence-corrected chi connectivity index (χ4v) is 3.96. The van der Waals surface area contributed by atoms with Crippen LogP contribution in [0.15, 0.2) is 12.2 Å². The third-order valence-corrected chi connectivity index (χ3v) is 5.93. The fourth-order valence-electron chi connectivity index (χ4n) is 3.96. The van der Waals surface area contributed by atoms with Crippen molar-refractivity contribution >= 4 is 11.9 Å². The molecular formula is C26H47NO3. The second-order valence-corrected chi connectivity index (χ2v) is 8.82. The first kappa shape index (κ1) is 26.7. The highest BCUT2D eigenvalue weighted by atomic mass is 16.5. The van der Waals surface area contributed by atoms with Crippen LogP contribution in [0.4, 0.5) is 0 Å². The average Bonchev–Trinajstić information content (AvgIpc) is 3.18. The molecule has 174 valence electrons. The molecule has 0 aromatic heterocycles. The van der Waals surface area contributed by atoms with Crippen LogP contribution < -0.4 is 5.32 Å². The lowest BCUT2D eigenvalue weighted by molar-refractivity contribution is -0.146. The Labute approximate surface area is 185 Å². The summed E-state index contributed by atoms with van der Waals surface area (Å²) in [5.74, 6) is -0.337. The average molecular weight is 422 g/mol. The third kappa shape index (κ3) is 15.5. The van der Waals surface area contributed by atoms with Crippen molar-refractivity contribution in [2.75, 3.05) is 6.61 Å². The van der Waals surface area contributed by atoms with Crippen LogP contribution >= 0.6 is 0 Å². The molecular weight excluding hydrogens is 374 g/mol. The monoisotopic (exact) mass is 421 g/mol. The quantitative estimate of drug-likeness (QED) is 0.131. The van der Waals surface area contributed by atoms with Gasteiger partial charge in [0.15, 0.2) is 0 Å². The smallest absolute Gasteiger partial charge is 0.328 e. The van der Waals surface area contributed by atoms with Gasteiger partial charge in [-0.15, -0.1) is 0 Å². The minimum atomic E-state index is -0.423. The predicted octanol–water partition coefficient (Wildman–Crippen LogP) is 7.02. The van der Waals surface area contributed by atoms with E-state index in [0.29, 0.717) is 19.4 Å². The van der Waals surface area contributed by atoms with Crippen LogP contribution in [0.2, 0.25) is 0 Å². The molecule has 30 heavy (non-hydrogen) atoms. The molecule has 1 N–H and O–H groups in total. The van der Waals surface area contributed by atoms with Gasteiger partial charge in [0.25, 0.3) is 0 Å². The lowest BCUT2D eigenvalue weighted by atomic mass is 10.0. The van der Waals surface area contributed by atoms with Gasteiger partial charge in [-0.25, -0.2) is 4.79 Å². The Kier molecular flexibility index (Phi) is 17.5. The molecule has 0 aliphatic carbocycles. The zero-order valence-corrected chi connectivity index (χ0v) is 19.6. The molecule has 4 nitrogen and oxygen atoms in total. The minimum absolute atomic E-state index is 0.0524. The first-order chi connectivity index (χ1) is 14.7. The van der Waals surface area contributed by atoms with E-state index in [0.717, 1.165) is 19.3 Å². The van der Waals surface area contributed by atoms with Crippen molar-refractivity contribution in [3.63, 3.8) is 0 Å². The molecule has 1 atom stereocenters. The van der Waals surface area contributed by atoms with Crippen LogP contribution in [0.1, 0.15) is 129 Å². The molecule has 1 rings (SSSR count). The molecule has 0 aromatic carbocycles. The van der Waals surface area contributed by atoms with Gasteiger partial charge in [-0.1, -0.05) is 103 Å². The van der Waals surface area contributed by atoms with Gasteiger partial charge in [-0.2, -0.15) is 0 Å². The predicted molar refractivity (Wildman–Crippen MR) is 125 cm³/mol. The summed E-state index contributed by atoms with van der Waals surface area (Å²) in [5.41, 5.74) is 0. The summed E-state index contributed by atoms with van der Waals surface area (Å²) in [7, 11) is 0. The third-order valence-electron chi connectivity index (χ3n) is 5.93. The summed E-state index contributed by atoms with van der Waals surface area (Å²) in [6.07, 6.45) is 28.0. The summed E-state index contributed by atoms with van der Waals surface area (Å²) < 4.78 is 5.22. The summed E-state index contributed by atoms with van der Waals surface area (Å²) in [6.45, 7) is 2.72. The second-order valence-electron chi connectivity index (χ2n) is 8.82. The largest absolute Gasteiger partial charge is 0.464 e. The molecule has 0 radical (unpaired) electrons. The van der Waals surface area contributed by atoms with Gasteiger partial charge in [-0.05, 0) is 32.1 Å². The van der Waals surface area contributed by atoms with Crippen LogP contribution in [-0.4, -0.2) is 24.5 Å². The maximum Gasteiger partial charge on any atom is 0.328 e. The number of hydrogen-bond donors (Lipinski definition) is 1. The lowest BCUT2D eigenvalue weighted by Gasteiger charge is -2.09. The number of ether oxygens (including phenoxy) is 1. The number of rotatable bonds is 20. The van der Waals surface area contributed by atoms with E-state index in [1.54, 1.807) is 0 Å². The summed E-state index contributed by atoms with van der Waals surface area (Å²) in [5, 5.41) is 2.64. The van der Waals surface area contributed by atoms with E-state index >= 15 is 0 Å². The Hall–Kier alpha value is -1.32. The van der Waals surface area contributed by atoms with Crippen LogP contribution in [-0.2, 0) is 14.3 Å². The highest BCUT2D eigenvalue weighted by molar-refractivity contribution is 5.87. The second kappa shape index (κ2) is 19.6. The van der Waals surface area contributed by atoms with Gasteiger partial charge in [0.2, 0.25) is 5.91 Å². The number of carbonyl (C=O) groups excluding carboxylic acids is 2. The van der Waals surface area contributed by atoms with Gasteiger partial charge in [-0.3, -0.25) is 4.79 Å². The molecule has 0 unspecified atom stereocenters. The Morgan fingerprint density at radius 3 is 1.83 bits per heavy atom. The van der Waals surface area contributed by atoms with Crippen molar-refractivity contribution < 1.29 is 14.3 Å². The highest BCUT2D eigenvalue weighted by Crippen LogP contribution is 2.13. The molecule has 0 aromatic rings. The molecule has 1 amide bonds. The van der Waals surface area contributed by atoms with E-state index in [1.807, 2.05) is 0 Å². The Morgan fingerprint density at radius 2 is 1.33 bits per heavy atom.